The zero-order valence-corrected chi connectivity index (χ0v) is 47.3. The van der Waals surface area contributed by atoms with Crippen LogP contribution >= 0.6 is 0 Å². The van der Waals surface area contributed by atoms with E-state index >= 15 is 0 Å². The average molecular weight is 997 g/mol. The van der Waals surface area contributed by atoms with Gasteiger partial charge in [-0.2, -0.15) is 5.84 Å². The van der Waals surface area contributed by atoms with Crippen LogP contribution in [0.25, 0.3) is 33.3 Å². The number of nitrogens with zero attached hydrogens (tertiary/aromatic N) is 4. The number of allylic oxidation sites excluding steroid dienone is 3. The summed E-state index contributed by atoms with van der Waals surface area (Å²) < 4.78 is 8.39. The molecule has 5 rings (SSSR count). The summed E-state index contributed by atoms with van der Waals surface area (Å²) in [7, 11) is 7.34. The Kier molecular flexibility index (Phi) is 31.9. The van der Waals surface area contributed by atoms with Crippen molar-refractivity contribution >= 4 is 29.4 Å². The van der Waals surface area contributed by atoms with Gasteiger partial charge in [-0.3, -0.25) is 26.3 Å². The fraction of sp³-hybridized carbons (Fsp3) is 0.533. The number of hydrazine groups is 1. The lowest BCUT2D eigenvalue weighted by Gasteiger charge is -2.32. The van der Waals surface area contributed by atoms with Crippen LogP contribution in [0, 0.1) is 22.7 Å². The average Bonchev–Trinajstić information content (AvgIpc) is 3.81. The number of aromatic nitrogens is 2. The van der Waals surface area contributed by atoms with Gasteiger partial charge in [-0.15, -0.1) is 13.2 Å². The number of ether oxygens (including phenoxy) is 1. The van der Waals surface area contributed by atoms with E-state index in [1.54, 1.807) is 21.2 Å². The first-order valence-corrected chi connectivity index (χ1v) is 26.0. The van der Waals surface area contributed by atoms with Gasteiger partial charge in [0.2, 0.25) is 0 Å². The number of aldehydes is 2. The topological polar surface area (TPSA) is 186 Å². The van der Waals surface area contributed by atoms with Crippen molar-refractivity contribution in [2.45, 2.75) is 146 Å². The van der Waals surface area contributed by atoms with E-state index < -0.39 is 0 Å². The lowest BCUT2D eigenvalue weighted by atomic mass is 9.80. The Morgan fingerprint density at radius 3 is 2.03 bits per heavy atom. The standard InChI is InChI=1S/C40H52N2O.C8H15NO.C7H17N3O.C3H4O.C2H6.H4N2/c1-8-11-13-14-15-16-19-31-20-17-21-32(27-31)33-23-24-37-35(28-33)36(29-40(5,6)25-12-9-2)39(42(37)10-3)34-22-18-26-41-38(34)30(4)43-7;1-8(2)6-9(3)4-7(8)5-10;1-5(2)6(7(8)11)10(3,4)9;1-2-3-4;2*1-2/h8-9,17-18,20-24,26-28,30H,1-2,10-16,19,25,29H2,3-7H3;5,7H,4,6H2,1-3H3;5-6H,9H2,1-4H3,(H-,8,11);2-3H,1H2;1-2H3;1-2H2/p+1. The molecule has 4 aromatic rings. The Hall–Kier alpha value is -5.08. The number of hydrogen-bond donors (Lipinski definition) is 4. The maximum atomic E-state index is 10.9. The number of benzene rings is 2. The highest BCUT2D eigenvalue weighted by atomic mass is 16.5. The monoisotopic (exact) mass is 996 g/mol. The van der Waals surface area contributed by atoms with Gasteiger partial charge in [-0.25, -0.2) is 4.59 Å². The molecule has 1 aliphatic rings. The second kappa shape index (κ2) is 34.4. The first kappa shape index (κ1) is 66.9. The molecule has 2 aromatic heterocycles. The Morgan fingerprint density at radius 1 is 0.944 bits per heavy atom. The molecule has 0 aliphatic carbocycles. The van der Waals surface area contributed by atoms with E-state index in [4.69, 9.17) is 26.1 Å². The number of fused-ring (bicyclic) bond motifs is 1. The molecule has 1 amide bonds. The van der Waals surface area contributed by atoms with Crippen LogP contribution in [-0.4, -0.2) is 84.9 Å². The third-order valence-electron chi connectivity index (χ3n) is 13.0. The van der Waals surface area contributed by atoms with Crippen LogP contribution in [-0.2, 0) is 38.5 Å². The van der Waals surface area contributed by atoms with Crippen LogP contribution in [0.15, 0.2) is 98.8 Å². The summed E-state index contributed by atoms with van der Waals surface area (Å²) in [6.07, 6.45) is 19.2. The molecule has 72 heavy (non-hydrogen) atoms. The molecule has 0 spiro atoms. The second-order valence-electron chi connectivity index (χ2n) is 20.7. The third-order valence-corrected chi connectivity index (χ3v) is 13.0. The molecular weight excluding hydrogens is 897 g/mol. The molecule has 3 atom stereocenters. The van der Waals surface area contributed by atoms with Gasteiger partial charge in [0, 0.05) is 61.2 Å². The van der Waals surface area contributed by atoms with Crippen molar-refractivity contribution < 1.29 is 23.7 Å². The number of methoxy groups -OCH3 is 1. The van der Waals surface area contributed by atoms with E-state index in [0.717, 1.165) is 63.7 Å². The van der Waals surface area contributed by atoms with Gasteiger partial charge in [-0.1, -0.05) is 117 Å². The number of pyridine rings is 1. The number of nitrogens with two attached hydrogens (primary N) is 4. The molecule has 2 aromatic carbocycles. The Labute approximate surface area is 436 Å². The van der Waals surface area contributed by atoms with E-state index in [2.05, 4.69) is 144 Å². The summed E-state index contributed by atoms with van der Waals surface area (Å²) >= 11 is 0. The van der Waals surface area contributed by atoms with Crippen LogP contribution in [0.4, 0.5) is 0 Å². The number of aryl methyl sites for hydroxylation is 2. The predicted octanol–water partition coefficient (Wildman–Crippen LogP) is 11.7. The van der Waals surface area contributed by atoms with E-state index in [1.165, 1.54) is 76.2 Å². The molecular formula is C60H99N8O4+. The Balaban J connectivity index is 0.00000141. The number of likely N-dealkylation sites (tertiary alicyclic amines) is 1. The highest BCUT2D eigenvalue weighted by molar-refractivity contribution is 5.95. The smallest absolute Gasteiger partial charge is 0.277 e. The summed E-state index contributed by atoms with van der Waals surface area (Å²) in [6.45, 7) is 35.1. The van der Waals surface area contributed by atoms with Crippen molar-refractivity contribution in [1.29, 1.82) is 0 Å². The highest BCUT2D eigenvalue weighted by Gasteiger charge is 2.37. The maximum absolute atomic E-state index is 10.9. The Morgan fingerprint density at radius 2 is 1.56 bits per heavy atom. The van der Waals surface area contributed by atoms with Crippen molar-refractivity contribution in [3.05, 3.63) is 116 Å². The highest BCUT2D eigenvalue weighted by Crippen LogP contribution is 2.42. The zero-order valence-electron chi connectivity index (χ0n) is 47.3. The largest absolute Gasteiger partial charge is 0.375 e. The van der Waals surface area contributed by atoms with Crippen molar-refractivity contribution in [2.24, 2.45) is 45.9 Å². The molecule has 0 saturated carbocycles. The fourth-order valence-electron chi connectivity index (χ4n) is 9.52. The molecule has 1 aliphatic heterocycles. The number of carbonyl (C=O) groups is 3. The molecule has 0 bridgehead atoms. The van der Waals surface area contributed by atoms with Gasteiger partial charge in [0.1, 0.15) is 12.6 Å². The molecule has 12 nitrogen and oxygen atoms in total. The van der Waals surface area contributed by atoms with Gasteiger partial charge >= 0.3 is 0 Å². The first-order chi connectivity index (χ1) is 34.1. The van der Waals surface area contributed by atoms with Gasteiger partial charge in [0.15, 0.2) is 6.04 Å². The lowest BCUT2D eigenvalue weighted by molar-refractivity contribution is -0.920. The molecule has 3 unspecified atom stereocenters. The number of rotatable bonds is 22. The normalized spacial score (nSPS) is 14.7. The number of quaternary nitrogens is 1. The maximum Gasteiger partial charge on any atom is 0.277 e. The van der Waals surface area contributed by atoms with E-state index in [0.29, 0.717) is 6.29 Å². The third kappa shape index (κ3) is 21.6. The van der Waals surface area contributed by atoms with Crippen LogP contribution in [0.3, 0.4) is 0 Å². The number of unbranched alkanes of at least 4 members (excludes halogenated alkanes) is 4. The van der Waals surface area contributed by atoms with Crippen molar-refractivity contribution in [3.63, 3.8) is 0 Å². The van der Waals surface area contributed by atoms with Crippen LogP contribution in [0.2, 0.25) is 0 Å². The molecule has 402 valence electrons. The SMILES string of the molecule is C=CC=O.C=CCCCCCCc1cccc(-c2ccc3c(c2)c(CC(C)(C)CCC=C)c(-c2cccnc2C(C)OC)n3CC)c1.CC.CC(C)C(C(N)=O)[N+](C)(C)N.CN1CC(C=O)C(C)(C)C1.NN. The summed E-state index contributed by atoms with van der Waals surface area (Å²) in [6, 6.07) is 20.2. The van der Waals surface area contributed by atoms with Crippen LogP contribution < -0.4 is 23.3 Å². The second-order valence-corrected chi connectivity index (χ2v) is 20.7. The van der Waals surface area contributed by atoms with Gasteiger partial charge in [-0.05, 0) is 129 Å². The molecule has 1 saturated heterocycles. The zero-order chi connectivity index (χ0) is 55.2. The minimum atomic E-state index is -0.340. The van der Waals surface area contributed by atoms with Gasteiger partial charge < -0.3 is 24.7 Å². The summed E-state index contributed by atoms with van der Waals surface area (Å²) in [5, 5.41) is 1.34. The fourth-order valence-corrected chi connectivity index (χ4v) is 9.52. The van der Waals surface area contributed by atoms with Crippen LogP contribution in [0.5, 0.6) is 0 Å². The van der Waals surface area contributed by atoms with E-state index in [9.17, 15) is 9.59 Å². The number of primary amides is 1. The molecule has 1 fully saturated rings. The minimum Gasteiger partial charge on any atom is -0.375 e. The van der Waals surface area contributed by atoms with Gasteiger partial charge in [0.25, 0.3) is 5.91 Å². The number of likely N-dealkylation sites (N-methyl/N-ethyl adjacent to an activating group) is 1. The lowest BCUT2D eigenvalue weighted by Crippen LogP contribution is -2.61. The Bertz CT molecular complexity index is 2210. The summed E-state index contributed by atoms with van der Waals surface area (Å²) in [5.74, 6) is 13.8. The number of hydrogen-bond acceptors (Lipinski definition) is 9. The van der Waals surface area contributed by atoms with E-state index in [-0.39, 0.29) is 45.3 Å². The molecule has 12 heteroatoms. The predicted molar refractivity (Wildman–Crippen MR) is 307 cm³/mol. The summed E-state index contributed by atoms with van der Waals surface area (Å²) in [5.41, 5.74) is 15.6. The van der Waals surface area contributed by atoms with Gasteiger partial charge in [0.05, 0.1) is 31.6 Å². The van der Waals surface area contributed by atoms with Crippen LogP contribution in [0.1, 0.15) is 137 Å². The van der Waals surface area contributed by atoms with Crippen molar-refractivity contribution in [1.82, 2.24) is 14.5 Å². The number of carbonyl (C=O) groups excluding carboxylic acids is 3. The quantitative estimate of drug-likeness (QED) is 0.0113. The molecule has 3 heterocycles. The van der Waals surface area contributed by atoms with Crippen molar-refractivity contribution in [2.75, 3.05) is 41.3 Å². The first-order valence-electron chi connectivity index (χ1n) is 26.0. The number of amides is 1. The van der Waals surface area contributed by atoms with E-state index in [1.807, 2.05) is 46.0 Å². The molecule has 8 N–H and O–H groups in total. The van der Waals surface area contributed by atoms with Crippen molar-refractivity contribution in [3.8, 4) is 22.4 Å². The minimum absolute atomic E-state index is 0.0959. The summed E-state index contributed by atoms with van der Waals surface area (Å²) in [4.78, 5) is 37.5. The molecule has 0 radical (unpaired) electrons.